The highest BCUT2D eigenvalue weighted by molar-refractivity contribution is 5.65. The molecule has 43 heavy (non-hydrogen) atoms. The summed E-state index contributed by atoms with van der Waals surface area (Å²) in [5, 5.41) is 24.7. The van der Waals surface area contributed by atoms with E-state index in [4.69, 9.17) is 18.9 Å². The molecule has 5 aliphatic rings. The van der Waals surface area contributed by atoms with Gasteiger partial charge in [0.1, 0.15) is 5.41 Å². The normalized spacial score (nSPS) is 30.5. The SMILES string of the molecule is C=C1CC[C@@]2(O)C3Cc4ccc(OCOC(=O)OCCCCCCCCCCCC)c5c4[C@@]2(CCN3CC2CC2)[C@@]1(O)O5. The molecule has 0 amide bonds. The summed E-state index contributed by atoms with van der Waals surface area (Å²) in [6.07, 6.45) is 16.2. The molecular formula is C35H51NO7. The highest BCUT2D eigenvalue weighted by Gasteiger charge is 2.78. The van der Waals surface area contributed by atoms with Gasteiger partial charge in [-0.2, -0.15) is 0 Å². The largest absolute Gasteiger partial charge is 0.511 e. The maximum atomic E-state index is 12.5. The lowest BCUT2D eigenvalue weighted by molar-refractivity contribution is -0.262. The Kier molecular flexibility index (Phi) is 9.01. The Labute approximate surface area is 256 Å². The molecule has 1 aromatic carbocycles. The second-order valence-corrected chi connectivity index (χ2v) is 13.7. The molecule has 0 radical (unpaired) electrons. The van der Waals surface area contributed by atoms with Crippen LogP contribution in [0.5, 0.6) is 11.5 Å². The van der Waals surface area contributed by atoms with Gasteiger partial charge in [0.25, 0.3) is 0 Å². The molecule has 2 aliphatic heterocycles. The molecule has 1 unspecified atom stereocenters. The van der Waals surface area contributed by atoms with Crippen LogP contribution in [-0.2, 0) is 21.3 Å². The quantitative estimate of drug-likeness (QED) is 0.0960. The van der Waals surface area contributed by atoms with Gasteiger partial charge in [-0.25, -0.2) is 4.79 Å². The van der Waals surface area contributed by atoms with E-state index in [2.05, 4.69) is 18.4 Å². The van der Waals surface area contributed by atoms with Gasteiger partial charge < -0.3 is 29.2 Å². The van der Waals surface area contributed by atoms with Crippen molar-refractivity contribution < 1.29 is 34.0 Å². The number of unbranched alkanes of at least 4 members (excludes halogenated alkanes) is 9. The summed E-state index contributed by atoms with van der Waals surface area (Å²) < 4.78 is 22.7. The average molecular weight is 598 g/mol. The Balaban J connectivity index is 1.03. The summed E-state index contributed by atoms with van der Waals surface area (Å²) in [5.41, 5.74) is 0.356. The van der Waals surface area contributed by atoms with Gasteiger partial charge in [0.2, 0.25) is 12.6 Å². The number of benzene rings is 1. The predicted octanol–water partition coefficient (Wildman–Crippen LogP) is 6.54. The molecule has 1 aromatic rings. The predicted molar refractivity (Wildman–Crippen MR) is 163 cm³/mol. The maximum Gasteiger partial charge on any atom is 0.511 e. The van der Waals surface area contributed by atoms with Gasteiger partial charge in [-0.15, -0.1) is 0 Å². The molecule has 1 spiro atoms. The van der Waals surface area contributed by atoms with Crippen molar-refractivity contribution in [2.24, 2.45) is 5.92 Å². The van der Waals surface area contributed by atoms with Crippen molar-refractivity contribution in [3.05, 3.63) is 35.4 Å². The standard InChI is InChI=1S/C35H51NO7/c1-3-4-5-6-7-8-9-10-11-12-21-40-32(37)42-24-41-28-16-15-27-22-29-34(38)18-17-25(2)35(39)33(34,30(27)31(28)43-35)19-20-36(29)23-26-13-14-26/h15-16,26,29,38-39H,2-14,17-24H2,1H3/t29?,33-,34-,35+/m1/s1. The van der Waals surface area contributed by atoms with Crippen molar-refractivity contribution in [3.8, 4) is 11.5 Å². The van der Waals surface area contributed by atoms with Crippen LogP contribution in [0.15, 0.2) is 24.3 Å². The van der Waals surface area contributed by atoms with E-state index in [9.17, 15) is 15.0 Å². The Morgan fingerprint density at radius 1 is 1.02 bits per heavy atom. The third-order valence-electron chi connectivity index (χ3n) is 11.0. The van der Waals surface area contributed by atoms with Crippen molar-refractivity contribution in [3.63, 3.8) is 0 Å². The van der Waals surface area contributed by atoms with Crippen molar-refractivity contribution >= 4 is 6.16 Å². The monoisotopic (exact) mass is 597 g/mol. The number of ether oxygens (including phenoxy) is 4. The lowest BCUT2D eigenvalue weighted by Crippen LogP contribution is -2.79. The molecule has 8 nitrogen and oxygen atoms in total. The van der Waals surface area contributed by atoms with Crippen LogP contribution in [0.1, 0.15) is 114 Å². The van der Waals surface area contributed by atoms with Gasteiger partial charge in [0, 0.05) is 18.2 Å². The zero-order chi connectivity index (χ0) is 30.1. The minimum atomic E-state index is -1.71. The van der Waals surface area contributed by atoms with E-state index < -0.39 is 23.0 Å². The first-order valence-corrected chi connectivity index (χ1v) is 17.0. The van der Waals surface area contributed by atoms with Crippen LogP contribution in [0.3, 0.4) is 0 Å². The third kappa shape index (κ3) is 5.46. The number of nitrogens with zero attached hydrogens (tertiary/aromatic N) is 1. The molecule has 4 atom stereocenters. The first-order valence-electron chi connectivity index (χ1n) is 17.0. The Morgan fingerprint density at radius 2 is 1.74 bits per heavy atom. The smallest absolute Gasteiger partial charge is 0.453 e. The Hall–Kier alpha value is -2.29. The summed E-state index contributed by atoms with van der Waals surface area (Å²) in [7, 11) is 0. The van der Waals surface area contributed by atoms with Crippen LogP contribution in [0, 0.1) is 5.92 Å². The van der Waals surface area contributed by atoms with Crippen LogP contribution in [0.2, 0.25) is 0 Å². The van der Waals surface area contributed by atoms with Gasteiger partial charge in [-0.05, 0) is 74.6 Å². The molecule has 8 heteroatoms. The van der Waals surface area contributed by atoms with E-state index in [1.807, 2.05) is 12.1 Å². The van der Waals surface area contributed by atoms with E-state index in [0.29, 0.717) is 55.3 Å². The minimum absolute atomic E-state index is 0.0797. The summed E-state index contributed by atoms with van der Waals surface area (Å²) in [6.45, 7) is 8.24. The number of carbonyl (C=O) groups excluding carboxylic acids is 1. The number of hydrogen-bond acceptors (Lipinski definition) is 8. The third-order valence-corrected chi connectivity index (χ3v) is 11.0. The first-order chi connectivity index (χ1) is 20.8. The number of hydrogen-bond donors (Lipinski definition) is 2. The fourth-order valence-electron chi connectivity index (χ4n) is 8.49. The Morgan fingerprint density at radius 3 is 2.47 bits per heavy atom. The summed E-state index contributed by atoms with van der Waals surface area (Å²) >= 11 is 0. The molecule has 1 saturated heterocycles. The fourth-order valence-corrected chi connectivity index (χ4v) is 8.49. The highest BCUT2D eigenvalue weighted by Crippen LogP contribution is 2.69. The number of piperidine rings is 1. The number of aliphatic hydroxyl groups is 2. The van der Waals surface area contributed by atoms with Crippen molar-refractivity contribution in [2.75, 3.05) is 26.5 Å². The van der Waals surface area contributed by atoms with Gasteiger partial charge in [0.05, 0.1) is 12.2 Å². The highest BCUT2D eigenvalue weighted by atomic mass is 16.8. The van der Waals surface area contributed by atoms with E-state index in [0.717, 1.165) is 43.5 Å². The lowest BCUT2D eigenvalue weighted by atomic mass is 9.47. The van der Waals surface area contributed by atoms with E-state index >= 15 is 0 Å². The first kappa shape index (κ1) is 30.7. The zero-order valence-corrected chi connectivity index (χ0v) is 26.0. The number of carbonyl (C=O) groups is 1. The van der Waals surface area contributed by atoms with E-state index in [1.54, 1.807) is 0 Å². The summed E-state index contributed by atoms with van der Waals surface area (Å²) in [4.78, 5) is 14.6. The molecule has 2 saturated carbocycles. The van der Waals surface area contributed by atoms with Crippen LogP contribution >= 0.6 is 0 Å². The van der Waals surface area contributed by atoms with Gasteiger partial charge in [-0.3, -0.25) is 4.90 Å². The van der Waals surface area contributed by atoms with Crippen LogP contribution in [0.4, 0.5) is 4.79 Å². The maximum absolute atomic E-state index is 12.5. The summed E-state index contributed by atoms with van der Waals surface area (Å²) in [5.74, 6) is -0.190. The fraction of sp³-hybridized carbons (Fsp3) is 0.743. The molecule has 3 aliphatic carbocycles. The second kappa shape index (κ2) is 12.6. The molecular weight excluding hydrogens is 546 g/mol. The van der Waals surface area contributed by atoms with Crippen molar-refractivity contribution in [2.45, 2.75) is 133 Å². The van der Waals surface area contributed by atoms with Crippen molar-refractivity contribution in [1.82, 2.24) is 4.90 Å². The van der Waals surface area contributed by atoms with Crippen LogP contribution in [-0.4, -0.2) is 65.2 Å². The molecule has 2 bridgehead atoms. The molecule has 2 N–H and O–H groups in total. The number of rotatable bonds is 16. The zero-order valence-electron chi connectivity index (χ0n) is 26.0. The molecule has 238 valence electrons. The van der Waals surface area contributed by atoms with E-state index in [-0.39, 0.29) is 12.8 Å². The second-order valence-electron chi connectivity index (χ2n) is 13.7. The lowest BCUT2D eigenvalue weighted by Gasteiger charge is -2.65. The minimum Gasteiger partial charge on any atom is -0.453 e. The average Bonchev–Trinajstić information content (AvgIpc) is 3.76. The van der Waals surface area contributed by atoms with Crippen LogP contribution in [0.25, 0.3) is 0 Å². The van der Waals surface area contributed by atoms with Crippen molar-refractivity contribution in [1.29, 1.82) is 0 Å². The number of likely N-dealkylation sites (tertiary alicyclic amines) is 1. The molecule has 6 rings (SSSR count). The van der Waals surface area contributed by atoms with Crippen LogP contribution < -0.4 is 9.47 Å². The van der Waals surface area contributed by atoms with Gasteiger partial charge in [-0.1, -0.05) is 77.4 Å². The van der Waals surface area contributed by atoms with E-state index in [1.165, 1.54) is 57.8 Å². The molecule has 3 fully saturated rings. The summed E-state index contributed by atoms with van der Waals surface area (Å²) in [6, 6.07) is 3.75. The Bertz CT molecular complexity index is 1180. The topological polar surface area (TPSA) is 97.7 Å². The van der Waals surface area contributed by atoms with Gasteiger partial charge in [0.15, 0.2) is 11.5 Å². The molecule has 0 aromatic heterocycles. The van der Waals surface area contributed by atoms with Gasteiger partial charge >= 0.3 is 6.16 Å². The molecule has 2 heterocycles.